The Bertz CT molecular complexity index is 614. The molecule has 2 rings (SSSR count). The summed E-state index contributed by atoms with van der Waals surface area (Å²) in [5, 5.41) is 2.07. The number of aliphatic imine (C=N–C) groups is 1. The van der Waals surface area contributed by atoms with Gasteiger partial charge in [-0.05, 0) is 24.2 Å². The van der Waals surface area contributed by atoms with Gasteiger partial charge >= 0.3 is 19.5 Å². The number of thiocarbonyl (C=S) groups is 1. The van der Waals surface area contributed by atoms with E-state index in [1.54, 1.807) is 0 Å². The van der Waals surface area contributed by atoms with Crippen LogP contribution >= 0.6 is 12.2 Å². The normalized spacial score (nSPS) is 13.2. The summed E-state index contributed by atoms with van der Waals surface area (Å²) in [6, 6.07) is 2.19. The first-order valence-corrected chi connectivity index (χ1v) is 6.21. The van der Waals surface area contributed by atoms with Gasteiger partial charge in [-0.1, -0.05) is 11.8 Å². The van der Waals surface area contributed by atoms with Crippen molar-refractivity contribution in [2.45, 2.75) is 19.3 Å². The smallest absolute Gasteiger partial charge is 0.324 e. The van der Waals surface area contributed by atoms with Crippen molar-refractivity contribution in [3.8, 4) is 11.8 Å². The molecule has 1 aromatic rings. The standard InChI is InChI=1S/C15H10F2NS.Ru/c16-14-8-12(18-10-19)9-15(17)13(14)7-6-11-4-2-1-3-5-11;/h1,4,8-9H,2-3,5H2;/q-1;+1. The second-order valence-corrected chi connectivity index (χ2v) is 4.21. The Balaban J connectivity index is 0.00000200. The van der Waals surface area contributed by atoms with E-state index in [1.807, 2.05) is 6.08 Å². The average Bonchev–Trinajstić information content (AvgIpc) is 2.39. The molecule has 0 aromatic heterocycles. The van der Waals surface area contributed by atoms with Crippen molar-refractivity contribution in [2.24, 2.45) is 4.99 Å². The fourth-order valence-corrected chi connectivity index (χ4v) is 1.86. The molecule has 20 heavy (non-hydrogen) atoms. The summed E-state index contributed by atoms with van der Waals surface area (Å²) in [6.07, 6.45) is 6.75. The maximum absolute atomic E-state index is 13.7. The topological polar surface area (TPSA) is 12.4 Å². The van der Waals surface area contributed by atoms with Crippen LogP contribution in [-0.4, -0.2) is 5.16 Å². The first-order valence-electron chi connectivity index (χ1n) is 5.80. The first-order chi connectivity index (χ1) is 9.20. The van der Waals surface area contributed by atoms with Crippen LogP contribution in [0.3, 0.4) is 0 Å². The molecule has 0 spiro atoms. The van der Waals surface area contributed by atoms with Gasteiger partial charge in [0.15, 0.2) is 0 Å². The van der Waals surface area contributed by atoms with E-state index in [0.29, 0.717) is 0 Å². The molecule has 0 heterocycles. The third-order valence-electron chi connectivity index (χ3n) is 2.70. The number of nitrogens with zero attached hydrogens (tertiary/aromatic N) is 1. The predicted molar refractivity (Wildman–Crippen MR) is 74.2 cm³/mol. The number of rotatable bonds is 1. The molecule has 0 saturated carbocycles. The van der Waals surface area contributed by atoms with E-state index in [1.165, 1.54) is 0 Å². The van der Waals surface area contributed by atoms with Crippen molar-refractivity contribution >= 4 is 23.1 Å². The molecule has 1 radical (unpaired) electrons. The van der Waals surface area contributed by atoms with Crippen molar-refractivity contribution in [3.05, 3.63) is 47.4 Å². The van der Waals surface area contributed by atoms with E-state index in [4.69, 9.17) is 0 Å². The molecule has 1 nitrogen and oxygen atoms in total. The number of hydrogen-bond donors (Lipinski definition) is 0. The Morgan fingerprint density at radius 3 is 2.45 bits per heavy atom. The first kappa shape index (κ1) is 16.9. The Hall–Kier alpha value is -1.20. The second-order valence-electron chi connectivity index (χ2n) is 4.03. The van der Waals surface area contributed by atoms with Crippen LogP contribution in [-0.2, 0) is 19.5 Å². The Morgan fingerprint density at radius 1 is 1.20 bits per heavy atom. The van der Waals surface area contributed by atoms with Crippen LogP contribution in [0.4, 0.5) is 14.5 Å². The SMILES string of the molecule is Fc1cc(N=C=S)cc(F)c1C#CC1=CC[CH-]CC1.[Ru+]. The van der Waals surface area contributed by atoms with Crippen molar-refractivity contribution in [2.75, 3.05) is 0 Å². The van der Waals surface area contributed by atoms with Crippen molar-refractivity contribution in [1.82, 2.24) is 0 Å². The van der Waals surface area contributed by atoms with Crippen LogP contribution in [0, 0.1) is 29.9 Å². The van der Waals surface area contributed by atoms with Gasteiger partial charge < -0.3 is 6.42 Å². The fraction of sp³-hybridized carbons (Fsp3) is 0.200. The number of halogens is 2. The van der Waals surface area contributed by atoms with Crippen LogP contribution in [0.1, 0.15) is 24.8 Å². The zero-order valence-electron chi connectivity index (χ0n) is 10.4. The minimum Gasteiger partial charge on any atom is -0.324 e. The number of allylic oxidation sites excluding steroid dienone is 2. The summed E-state index contributed by atoms with van der Waals surface area (Å²) in [4.78, 5) is 3.54. The summed E-state index contributed by atoms with van der Waals surface area (Å²) in [6.45, 7) is 0. The van der Waals surface area contributed by atoms with Gasteiger partial charge in [0, 0.05) is 12.1 Å². The third-order valence-corrected chi connectivity index (χ3v) is 2.79. The van der Waals surface area contributed by atoms with Crippen LogP contribution < -0.4 is 0 Å². The zero-order valence-corrected chi connectivity index (χ0v) is 13.0. The van der Waals surface area contributed by atoms with Gasteiger partial charge in [-0.2, -0.15) is 17.8 Å². The van der Waals surface area contributed by atoms with Crippen LogP contribution in [0.5, 0.6) is 0 Å². The molecule has 0 aliphatic heterocycles. The molecule has 1 aliphatic rings. The maximum Gasteiger partial charge on any atom is 1.00 e. The van der Waals surface area contributed by atoms with E-state index < -0.39 is 11.6 Å². The molecule has 1 aliphatic carbocycles. The largest absolute Gasteiger partial charge is 1.00 e. The Labute approximate surface area is 134 Å². The fourth-order valence-electron chi connectivity index (χ4n) is 1.76. The molecule has 1 aromatic carbocycles. The molecule has 0 bridgehead atoms. The molecule has 0 amide bonds. The minimum atomic E-state index is -0.737. The summed E-state index contributed by atoms with van der Waals surface area (Å²) in [7, 11) is 0. The van der Waals surface area contributed by atoms with E-state index in [9.17, 15) is 8.78 Å². The Kier molecular flexibility index (Phi) is 6.89. The van der Waals surface area contributed by atoms with Crippen molar-refractivity contribution in [1.29, 1.82) is 0 Å². The van der Waals surface area contributed by atoms with Gasteiger partial charge in [0.05, 0.1) is 16.4 Å². The zero-order chi connectivity index (χ0) is 13.7. The van der Waals surface area contributed by atoms with Gasteiger partial charge in [0.1, 0.15) is 11.6 Å². The summed E-state index contributed by atoms with van der Waals surface area (Å²) in [5.74, 6) is 3.89. The number of isothiocyanates is 1. The summed E-state index contributed by atoms with van der Waals surface area (Å²) in [5.41, 5.74) is 0.781. The van der Waals surface area contributed by atoms with E-state index in [0.717, 1.165) is 37.0 Å². The van der Waals surface area contributed by atoms with Crippen LogP contribution in [0.15, 0.2) is 28.8 Å². The molecule has 103 valence electrons. The van der Waals surface area contributed by atoms with Gasteiger partial charge in [0.2, 0.25) is 0 Å². The number of hydrogen-bond acceptors (Lipinski definition) is 2. The van der Waals surface area contributed by atoms with Gasteiger partial charge in [-0.15, -0.1) is 6.08 Å². The van der Waals surface area contributed by atoms with Crippen molar-refractivity contribution < 1.29 is 28.3 Å². The third kappa shape index (κ3) is 4.42. The molecular weight excluding hydrogens is 365 g/mol. The maximum atomic E-state index is 13.7. The quantitative estimate of drug-likeness (QED) is 0.234. The van der Waals surface area contributed by atoms with Gasteiger partial charge in [-0.25, -0.2) is 8.78 Å². The Morgan fingerprint density at radius 2 is 1.90 bits per heavy atom. The molecule has 0 N–H and O–H groups in total. The van der Waals surface area contributed by atoms with E-state index >= 15 is 0 Å². The van der Waals surface area contributed by atoms with Crippen LogP contribution in [0.2, 0.25) is 0 Å². The second kappa shape index (κ2) is 8.17. The predicted octanol–water partition coefficient (Wildman–Crippen LogP) is 4.36. The monoisotopic (exact) mass is 376 g/mol. The molecular formula is C15H10F2NRuS. The summed E-state index contributed by atoms with van der Waals surface area (Å²) < 4.78 is 27.4. The van der Waals surface area contributed by atoms with Crippen LogP contribution in [0.25, 0.3) is 0 Å². The molecule has 0 unspecified atom stereocenters. The summed E-state index contributed by atoms with van der Waals surface area (Å²) >= 11 is 4.39. The molecule has 5 heteroatoms. The molecule has 0 saturated heterocycles. The number of benzene rings is 1. The van der Waals surface area contributed by atoms with Crippen molar-refractivity contribution in [3.63, 3.8) is 0 Å². The molecule has 0 atom stereocenters. The van der Waals surface area contributed by atoms with E-state index in [-0.39, 0.29) is 30.7 Å². The van der Waals surface area contributed by atoms with Gasteiger partial charge in [0.25, 0.3) is 0 Å². The molecule has 0 fully saturated rings. The van der Waals surface area contributed by atoms with E-state index in [2.05, 4.69) is 40.6 Å². The minimum absolute atomic E-state index is 0. The van der Waals surface area contributed by atoms with Gasteiger partial charge in [-0.3, -0.25) is 0 Å². The average molecular weight is 375 g/mol.